The molecule has 1 atom stereocenters. The summed E-state index contributed by atoms with van der Waals surface area (Å²) in [7, 11) is -0.121. The van der Waals surface area contributed by atoms with E-state index in [-0.39, 0.29) is 17.2 Å². The summed E-state index contributed by atoms with van der Waals surface area (Å²) in [5.74, 6) is -0.124. The van der Waals surface area contributed by atoms with Gasteiger partial charge < -0.3 is 10.0 Å². The van der Waals surface area contributed by atoms with Crippen LogP contribution in [0.5, 0.6) is 0 Å². The van der Waals surface area contributed by atoms with E-state index in [2.05, 4.69) is 4.72 Å². The normalized spacial score (nSPS) is 15.0. The van der Waals surface area contributed by atoms with Crippen LogP contribution in [0.4, 0.5) is 0 Å². The average Bonchev–Trinajstić information content (AvgIpc) is 2.35. The minimum absolute atomic E-state index is 0.0631. The molecule has 0 saturated heterocycles. The van der Waals surface area contributed by atoms with Crippen molar-refractivity contribution in [1.82, 2.24) is 9.62 Å². The Labute approximate surface area is 125 Å². The minimum atomic E-state index is -3.71. The third kappa shape index (κ3) is 5.55. The van der Waals surface area contributed by atoms with Crippen LogP contribution in [0.25, 0.3) is 0 Å². The first-order chi connectivity index (χ1) is 9.53. The molecular formula is C14H22N2O4S. The first-order valence-corrected chi connectivity index (χ1v) is 8.00. The van der Waals surface area contributed by atoms with Crippen LogP contribution in [0.1, 0.15) is 24.2 Å². The number of sulfonamides is 1. The van der Waals surface area contributed by atoms with E-state index in [4.69, 9.17) is 0 Å². The molecule has 0 amide bonds. The van der Waals surface area contributed by atoms with Crippen molar-refractivity contribution < 1.29 is 18.3 Å². The summed E-state index contributed by atoms with van der Waals surface area (Å²) in [4.78, 5) is 13.0. The molecule has 0 aromatic heterocycles. The average molecular weight is 314 g/mol. The Kier molecular flexibility index (Phi) is 5.63. The van der Waals surface area contributed by atoms with Crippen molar-refractivity contribution in [3.8, 4) is 0 Å². The number of rotatable bonds is 7. The van der Waals surface area contributed by atoms with E-state index in [1.54, 1.807) is 25.9 Å². The van der Waals surface area contributed by atoms with Gasteiger partial charge in [-0.2, -0.15) is 0 Å². The number of aliphatic hydroxyl groups is 1. The molecule has 1 rings (SSSR count). The summed E-state index contributed by atoms with van der Waals surface area (Å²) in [5, 5.41) is 10.1. The second-order valence-corrected chi connectivity index (χ2v) is 7.41. The van der Waals surface area contributed by atoms with Crippen LogP contribution in [0.3, 0.4) is 0 Å². The molecule has 1 aromatic rings. The van der Waals surface area contributed by atoms with Crippen molar-refractivity contribution in [2.45, 2.75) is 24.3 Å². The van der Waals surface area contributed by atoms with Gasteiger partial charge in [-0.1, -0.05) is 12.1 Å². The Bertz CT molecular complexity index is 592. The van der Waals surface area contributed by atoms with E-state index in [9.17, 15) is 18.3 Å². The molecule has 7 heteroatoms. The van der Waals surface area contributed by atoms with Gasteiger partial charge in [-0.15, -0.1) is 0 Å². The number of nitrogens with one attached hydrogen (secondary N) is 1. The summed E-state index contributed by atoms with van der Waals surface area (Å²) in [6.45, 7) is 3.22. The molecule has 1 aromatic carbocycles. The van der Waals surface area contributed by atoms with Crippen molar-refractivity contribution >= 4 is 15.8 Å². The zero-order chi connectivity index (χ0) is 16.3. The van der Waals surface area contributed by atoms with Crippen LogP contribution >= 0.6 is 0 Å². The number of hydrogen-bond acceptors (Lipinski definition) is 5. The molecule has 118 valence electrons. The standard InChI is InChI=1S/C14H22N2O4S/c1-11(17)12-5-7-13(8-6-12)21(19,20)15-9-14(2,18)10-16(3)4/h5-8,15,18H,9-10H2,1-4H3. The molecule has 0 aliphatic heterocycles. The maximum absolute atomic E-state index is 12.1. The van der Waals surface area contributed by atoms with E-state index in [0.717, 1.165) is 0 Å². The van der Waals surface area contributed by atoms with Gasteiger partial charge in [0.1, 0.15) is 0 Å². The van der Waals surface area contributed by atoms with E-state index in [1.165, 1.54) is 31.2 Å². The Hall–Kier alpha value is -1.28. The molecular weight excluding hydrogens is 292 g/mol. The lowest BCUT2D eigenvalue weighted by atomic mass is 10.1. The van der Waals surface area contributed by atoms with Crippen molar-refractivity contribution in [3.05, 3.63) is 29.8 Å². The van der Waals surface area contributed by atoms with Gasteiger partial charge in [0.2, 0.25) is 10.0 Å². The van der Waals surface area contributed by atoms with Crippen LogP contribution in [-0.2, 0) is 10.0 Å². The number of carbonyl (C=O) groups is 1. The summed E-state index contributed by atoms with van der Waals surface area (Å²) in [5.41, 5.74) is -0.718. The Morgan fingerprint density at radius 1 is 1.29 bits per heavy atom. The maximum Gasteiger partial charge on any atom is 0.240 e. The molecule has 0 aliphatic carbocycles. The predicted octanol–water partition coefficient (Wildman–Crippen LogP) is 0.480. The minimum Gasteiger partial charge on any atom is -0.387 e. The summed E-state index contributed by atoms with van der Waals surface area (Å²) < 4.78 is 26.6. The molecule has 0 radical (unpaired) electrons. The predicted molar refractivity (Wildman–Crippen MR) is 80.8 cm³/mol. The third-order valence-electron chi connectivity index (χ3n) is 2.87. The Morgan fingerprint density at radius 2 is 1.81 bits per heavy atom. The second-order valence-electron chi connectivity index (χ2n) is 5.64. The highest BCUT2D eigenvalue weighted by Crippen LogP contribution is 2.12. The van der Waals surface area contributed by atoms with E-state index < -0.39 is 15.6 Å². The van der Waals surface area contributed by atoms with Crippen LogP contribution in [0, 0.1) is 0 Å². The summed E-state index contributed by atoms with van der Waals surface area (Å²) in [6, 6.07) is 5.68. The number of ketones is 1. The number of nitrogens with zero attached hydrogens (tertiary/aromatic N) is 1. The van der Waals surface area contributed by atoms with Gasteiger partial charge in [-0.25, -0.2) is 13.1 Å². The highest BCUT2D eigenvalue weighted by Gasteiger charge is 2.24. The van der Waals surface area contributed by atoms with Gasteiger partial charge in [-0.3, -0.25) is 4.79 Å². The molecule has 0 fully saturated rings. The van der Waals surface area contributed by atoms with Crippen LogP contribution in [0.2, 0.25) is 0 Å². The van der Waals surface area contributed by atoms with Gasteiger partial charge in [-0.05, 0) is 40.1 Å². The van der Waals surface area contributed by atoms with Crippen LogP contribution in [-0.4, -0.2) is 57.0 Å². The van der Waals surface area contributed by atoms with Crippen LogP contribution in [0.15, 0.2) is 29.2 Å². The van der Waals surface area contributed by atoms with Crippen LogP contribution < -0.4 is 4.72 Å². The molecule has 0 bridgehead atoms. The third-order valence-corrected chi connectivity index (χ3v) is 4.29. The fourth-order valence-corrected chi connectivity index (χ4v) is 3.10. The first-order valence-electron chi connectivity index (χ1n) is 6.51. The lowest BCUT2D eigenvalue weighted by Crippen LogP contribution is -2.47. The number of benzene rings is 1. The SMILES string of the molecule is CC(=O)c1ccc(S(=O)(=O)NCC(C)(O)CN(C)C)cc1. The monoisotopic (exact) mass is 314 g/mol. The number of Topliss-reactive ketones (excluding diaryl/α,β-unsaturated/α-hetero) is 1. The number of carbonyl (C=O) groups excluding carboxylic acids is 1. The highest BCUT2D eigenvalue weighted by molar-refractivity contribution is 7.89. The molecule has 0 aliphatic rings. The molecule has 1 unspecified atom stereocenters. The van der Waals surface area contributed by atoms with Gasteiger partial charge in [0, 0.05) is 18.7 Å². The molecule has 0 saturated carbocycles. The Morgan fingerprint density at radius 3 is 2.24 bits per heavy atom. The topological polar surface area (TPSA) is 86.7 Å². The van der Waals surface area contributed by atoms with Crippen molar-refractivity contribution in [1.29, 1.82) is 0 Å². The molecule has 0 heterocycles. The zero-order valence-electron chi connectivity index (χ0n) is 12.8. The summed E-state index contributed by atoms with van der Waals surface area (Å²) >= 11 is 0. The van der Waals surface area contributed by atoms with E-state index in [0.29, 0.717) is 12.1 Å². The van der Waals surface area contributed by atoms with Crippen molar-refractivity contribution in [2.75, 3.05) is 27.2 Å². The fraction of sp³-hybridized carbons (Fsp3) is 0.500. The second kappa shape index (κ2) is 6.65. The van der Waals surface area contributed by atoms with Crippen molar-refractivity contribution in [2.24, 2.45) is 0 Å². The van der Waals surface area contributed by atoms with Gasteiger partial charge in [0.05, 0.1) is 10.5 Å². The lowest BCUT2D eigenvalue weighted by Gasteiger charge is -2.27. The van der Waals surface area contributed by atoms with E-state index >= 15 is 0 Å². The van der Waals surface area contributed by atoms with E-state index in [1.807, 2.05) is 0 Å². The lowest BCUT2D eigenvalue weighted by molar-refractivity contribution is 0.0386. The van der Waals surface area contributed by atoms with Crippen molar-refractivity contribution in [3.63, 3.8) is 0 Å². The maximum atomic E-state index is 12.1. The molecule has 6 nitrogen and oxygen atoms in total. The largest absolute Gasteiger partial charge is 0.387 e. The molecule has 21 heavy (non-hydrogen) atoms. The Balaban J connectivity index is 2.80. The zero-order valence-corrected chi connectivity index (χ0v) is 13.6. The smallest absolute Gasteiger partial charge is 0.240 e. The van der Waals surface area contributed by atoms with Gasteiger partial charge in [0.15, 0.2) is 5.78 Å². The molecule has 0 spiro atoms. The molecule has 2 N–H and O–H groups in total. The first kappa shape index (κ1) is 17.8. The fourth-order valence-electron chi connectivity index (χ4n) is 1.94. The number of hydrogen-bond donors (Lipinski definition) is 2. The summed E-state index contributed by atoms with van der Waals surface area (Å²) in [6.07, 6.45) is 0. The number of likely N-dealkylation sites (N-methyl/N-ethyl adjacent to an activating group) is 1. The van der Waals surface area contributed by atoms with Gasteiger partial charge in [0.25, 0.3) is 0 Å². The van der Waals surface area contributed by atoms with Gasteiger partial charge >= 0.3 is 0 Å². The quantitative estimate of drug-likeness (QED) is 0.715. The highest BCUT2D eigenvalue weighted by atomic mass is 32.2.